The van der Waals surface area contributed by atoms with Crippen molar-refractivity contribution in [3.05, 3.63) is 0 Å². The van der Waals surface area contributed by atoms with Crippen molar-refractivity contribution in [3.63, 3.8) is 0 Å². The number of nitrogens with zero attached hydrogens (tertiary/aromatic N) is 1. The van der Waals surface area contributed by atoms with Crippen molar-refractivity contribution in [1.82, 2.24) is 0 Å². The molecule has 0 fully saturated rings. The fourth-order valence-electron chi connectivity index (χ4n) is 0.129. The van der Waals surface area contributed by atoms with Crippen LogP contribution in [0.4, 0.5) is 0 Å². The zero-order valence-corrected chi connectivity index (χ0v) is 6.51. The van der Waals surface area contributed by atoms with Crippen LogP contribution in [0.3, 0.4) is 0 Å². The minimum absolute atomic E-state index is 0.284. The van der Waals surface area contributed by atoms with E-state index >= 15 is 0 Å². The second-order valence-electron chi connectivity index (χ2n) is 0.970. The summed E-state index contributed by atoms with van der Waals surface area (Å²) in [6, 6.07) is 1.89. The number of hydrogen-bond acceptors (Lipinski definition) is 3. The van der Waals surface area contributed by atoms with E-state index in [0.717, 1.165) is 0 Å². The van der Waals surface area contributed by atoms with Crippen LogP contribution < -0.4 is 21.6 Å². The summed E-state index contributed by atoms with van der Waals surface area (Å²) in [5.41, 5.74) is 0. The Morgan fingerprint density at radius 3 is 3.00 bits per heavy atom. The van der Waals surface area contributed by atoms with E-state index in [0.29, 0.717) is 4.43 Å². The van der Waals surface area contributed by atoms with E-state index in [9.17, 15) is 4.79 Å². The molecule has 8 heavy (non-hydrogen) atoms. The Morgan fingerprint density at radius 2 is 2.62 bits per heavy atom. The fourth-order valence-corrected chi connectivity index (χ4v) is 0.862. The fraction of sp³-hybridized carbons (Fsp3) is 0.500. The van der Waals surface area contributed by atoms with Crippen molar-refractivity contribution >= 4 is 5.97 Å². The first-order chi connectivity index (χ1) is 3.77. The summed E-state index contributed by atoms with van der Waals surface area (Å²) in [5, 5.41) is 7.97. The van der Waals surface area contributed by atoms with Gasteiger partial charge in [0, 0.05) is 0 Å². The molecule has 0 spiro atoms. The standard InChI is InChI=1S/C4H5INO2/c1-4(7)8-5-2-3-6/h2H2,1H3/q-1. The van der Waals surface area contributed by atoms with Crippen LogP contribution in [-0.4, -0.2) is 10.4 Å². The molecular weight excluding hydrogens is 221 g/mol. The summed E-state index contributed by atoms with van der Waals surface area (Å²) in [7, 11) is 0. The van der Waals surface area contributed by atoms with Crippen molar-refractivity contribution in [1.29, 1.82) is 5.26 Å². The van der Waals surface area contributed by atoms with Gasteiger partial charge < -0.3 is 0 Å². The van der Waals surface area contributed by atoms with Gasteiger partial charge in [0.05, 0.1) is 0 Å². The normalized spacial score (nSPS) is 8.00. The van der Waals surface area contributed by atoms with Gasteiger partial charge in [-0.15, -0.1) is 0 Å². The number of hydrogen-bond donors (Lipinski definition) is 0. The van der Waals surface area contributed by atoms with E-state index in [1.165, 1.54) is 6.92 Å². The predicted octanol–water partition coefficient (Wildman–Crippen LogP) is -2.92. The third kappa shape index (κ3) is 5.69. The van der Waals surface area contributed by atoms with E-state index in [1.54, 1.807) is 0 Å². The van der Waals surface area contributed by atoms with Crippen LogP contribution in [0.5, 0.6) is 0 Å². The second kappa shape index (κ2) is 4.84. The summed E-state index contributed by atoms with van der Waals surface area (Å²) >= 11 is -0.626. The molecule has 0 aliphatic rings. The van der Waals surface area contributed by atoms with Gasteiger partial charge in [0.1, 0.15) is 0 Å². The number of alkyl halides is 1. The van der Waals surface area contributed by atoms with E-state index in [1.807, 2.05) is 6.07 Å². The number of rotatable bonds is 2. The molecule has 0 heterocycles. The number of carbonyl (C=O) groups is 1. The van der Waals surface area contributed by atoms with E-state index in [-0.39, 0.29) is 5.97 Å². The van der Waals surface area contributed by atoms with Crippen LogP contribution in [0.15, 0.2) is 0 Å². The van der Waals surface area contributed by atoms with Gasteiger partial charge in [-0.3, -0.25) is 0 Å². The Balaban J connectivity index is 2.97. The van der Waals surface area contributed by atoms with Gasteiger partial charge in [0.25, 0.3) is 0 Å². The zero-order chi connectivity index (χ0) is 6.41. The molecule has 0 radical (unpaired) electrons. The quantitative estimate of drug-likeness (QED) is 0.288. The van der Waals surface area contributed by atoms with Crippen molar-refractivity contribution in [2.45, 2.75) is 6.92 Å². The summed E-state index contributed by atoms with van der Waals surface area (Å²) in [6.07, 6.45) is 0. The van der Waals surface area contributed by atoms with Gasteiger partial charge in [0.2, 0.25) is 0 Å². The van der Waals surface area contributed by atoms with Crippen molar-refractivity contribution < 1.29 is 29.5 Å². The molecule has 0 aliphatic heterocycles. The Morgan fingerprint density at radius 1 is 2.00 bits per heavy atom. The Bertz CT molecular complexity index is 118. The maximum atomic E-state index is 10.0. The average molecular weight is 226 g/mol. The molecule has 0 saturated heterocycles. The molecule has 0 aliphatic carbocycles. The monoisotopic (exact) mass is 226 g/mol. The third-order valence-electron chi connectivity index (χ3n) is 0.278. The Kier molecular flexibility index (Phi) is 4.65. The van der Waals surface area contributed by atoms with Crippen LogP contribution in [0.1, 0.15) is 6.92 Å². The van der Waals surface area contributed by atoms with Gasteiger partial charge in [-0.25, -0.2) is 0 Å². The van der Waals surface area contributed by atoms with Gasteiger partial charge >= 0.3 is 58.1 Å². The van der Waals surface area contributed by atoms with Crippen LogP contribution in [-0.2, 0) is 7.86 Å². The Labute approximate surface area is 58.4 Å². The topological polar surface area (TPSA) is 50.1 Å². The first kappa shape index (κ1) is 7.69. The molecule has 0 bridgehead atoms. The number of nitriles is 1. The van der Waals surface area contributed by atoms with Crippen LogP contribution in [0.2, 0.25) is 0 Å². The molecule has 0 aromatic heterocycles. The predicted molar refractivity (Wildman–Crippen MR) is 22.2 cm³/mol. The van der Waals surface area contributed by atoms with Crippen molar-refractivity contribution in [2.75, 3.05) is 4.43 Å². The number of carbonyl (C=O) groups excluding carboxylic acids is 1. The molecule has 0 atom stereocenters. The van der Waals surface area contributed by atoms with E-state index in [2.05, 4.69) is 3.07 Å². The molecular formula is C4H5INO2-. The molecule has 4 heteroatoms. The van der Waals surface area contributed by atoms with Crippen LogP contribution >= 0.6 is 0 Å². The molecule has 46 valence electrons. The molecule has 0 N–H and O–H groups in total. The van der Waals surface area contributed by atoms with Gasteiger partial charge in [0.15, 0.2) is 0 Å². The van der Waals surface area contributed by atoms with Crippen molar-refractivity contribution in [3.8, 4) is 6.07 Å². The molecule has 0 saturated carbocycles. The summed E-state index contributed by atoms with van der Waals surface area (Å²) in [6.45, 7) is 1.34. The second-order valence-corrected chi connectivity index (χ2v) is 2.80. The molecule has 3 nitrogen and oxygen atoms in total. The van der Waals surface area contributed by atoms with Gasteiger partial charge in [-0.2, -0.15) is 0 Å². The minimum atomic E-state index is -0.626. The third-order valence-corrected chi connectivity index (χ3v) is 1.86. The molecule has 0 amide bonds. The first-order valence-corrected chi connectivity index (χ1v) is 4.31. The van der Waals surface area contributed by atoms with Crippen molar-refractivity contribution in [2.24, 2.45) is 0 Å². The SMILES string of the molecule is CC(=O)O[I-]CC#N. The number of halogens is 1. The Hall–Kier alpha value is -0.310. The van der Waals surface area contributed by atoms with Gasteiger partial charge in [-0.05, 0) is 0 Å². The molecule has 0 rings (SSSR count). The maximum absolute atomic E-state index is 10.0. The van der Waals surface area contributed by atoms with E-state index < -0.39 is 21.6 Å². The zero-order valence-electron chi connectivity index (χ0n) is 4.35. The van der Waals surface area contributed by atoms with Crippen LogP contribution in [0.25, 0.3) is 0 Å². The van der Waals surface area contributed by atoms with E-state index in [4.69, 9.17) is 5.26 Å². The van der Waals surface area contributed by atoms with Crippen LogP contribution in [0, 0.1) is 11.3 Å². The molecule has 0 aromatic carbocycles. The summed E-state index contributed by atoms with van der Waals surface area (Å²) < 4.78 is 4.92. The summed E-state index contributed by atoms with van der Waals surface area (Å²) in [5.74, 6) is -0.284. The first-order valence-electron chi connectivity index (χ1n) is 1.91. The molecule has 0 unspecified atom stereocenters. The average Bonchev–Trinajstić information content (AvgIpc) is 1.66. The summed E-state index contributed by atoms with van der Waals surface area (Å²) in [4.78, 5) is 10.0. The van der Waals surface area contributed by atoms with Gasteiger partial charge in [-0.1, -0.05) is 0 Å². The molecule has 0 aromatic rings.